The highest BCUT2D eigenvalue weighted by molar-refractivity contribution is 8.69. The molecule has 1 atom stereocenters. The lowest BCUT2D eigenvalue weighted by Gasteiger charge is -2.19. The molecule has 0 N–H and O–H groups in total. The first kappa shape index (κ1) is 23.6. The Morgan fingerprint density at radius 2 is 1.93 bits per heavy atom. The molecule has 0 bridgehead atoms. The summed E-state index contributed by atoms with van der Waals surface area (Å²) in [7, 11) is 0. The molecule has 3 rings (SSSR count). The Morgan fingerprint density at radius 1 is 1.22 bits per heavy atom. The molecule has 0 unspecified atom stereocenters. The van der Waals surface area contributed by atoms with Crippen LogP contribution < -0.4 is 0 Å². The van der Waals surface area contributed by atoms with E-state index >= 15 is 0 Å². The van der Waals surface area contributed by atoms with Crippen LogP contribution in [0.4, 0.5) is 0 Å². The normalized spacial score (nSPS) is 18.7. The van der Waals surface area contributed by atoms with Crippen LogP contribution in [0.2, 0.25) is 0 Å². The fraction of sp³-hybridized carbons (Fsp3) is 0.611. The van der Waals surface area contributed by atoms with Crippen LogP contribution in [0, 0.1) is 0 Å². The van der Waals surface area contributed by atoms with E-state index in [4.69, 9.17) is 25.8 Å². The topological polar surface area (TPSA) is 34.1 Å². The van der Waals surface area contributed by atoms with E-state index in [-0.39, 0.29) is 0 Å². The number of hydrogen-bond acceptors (Lipinski definition) is 8. The maximum absolute atomic E-state index is 5.47. The van der Waals surface area contributed by atoms with Crippen LogP contribution in [0.25, 0.3) is 0 Å². The average Bonchev–Trinajstić information content (AvgIpc) is 3.26. The first-order chi connectivity index (χ1) is 13.1. The zero-order chi connectivity index (χ0) is 19.5. The SMILES string of the molecule is CCOP(=S)(OCC)SCSCC.c1ccc([C@H]2CN3CCSC3=N2)cc1. The molecule has 0 radical (unpaired) electrons. The average molecular weight is 465 g/mol. The highest BCUT2D eigenvalue weighted by atomic mass is 32.9. The summed E-state index contributed by atoms with van der Waals surface area (Å²) in [6, 6.07) is 10.9. The third-order valence-electron chi connectivity index (χ3n) is 3.78. The fourth-order valence-electron chi connectivity index (χ4n) is 2.57. The Kier molecular flexibility index (Phi) is 11.2. The predicted molar refractivity (Wildman–Crippen MR) is 129 cm³/mol. The van der Waals surface area contributed by atoms with Crippen molar-refractivity contribution < 1.29 is 9.05 Å². The van der Waals surface area contributed by atoms with E-state index in [0.29, 0.717) is 19.3 Å². The zero-order valence-corrected chi connectivity index (χ0v) is 20.4. The second-order valence-corrected chi connectivity index (χ2v) is 14.7. The number of aliphatic imine (C=N–C) groups is 1. The van der Waals surface area contributed by atoms with Crippen LogP contribution in [0.5, 0.6) is 0 Å². The molecule has 1 saturated heterocycles. The van der Waals surface area contributed by atoms with Gasteiger partial charge in [0, 0.05) is 23.9 Å². The van der Waals surface area contributed by atoms with Gasteiger partial charge < -0.3 is 13.9 Å². The molecule has 2 aliphatic heterocycles. The van der Waals surface area contributed by atoms with Gasteiger partial charge in [0.15, 0.2) is 5.17 Å². The summed E-state index contributed by atoms with van der Waals surface area (Å²) in [5.74, 6) is 2.32. The Morgan fingerprint density at radius 3 is 2.52 bits per heavy atom. The summed E-state index contributed by atoms with van der Waals surface area (Å²) in [6.45, 7) is 9.57. The maximum Gasteiger partial charge on any atom is 0.248 e. The van der Waals surface area contributed by atoms with E-state index in [0.717, 1.165) is 17.4 Å². The third-order valence-corrected chi connectivity index (χ3v) is 11.9. The number of hydrogen-bond donors (Lipinski definition) is 0. The summed E-state index contributed by atoms with van der Waals surface area (Å²) >= 11 is 10.7. The van der Waals surface area contributed by atoms with Crippen LogP contribution in [0.1, 0.15) is 32.4 Å². The van der Waals surface area contributed by atoms with Gasteiger partial charge in [-0.3, -0.25) is 4.99 Å². The Hall–Kier alpha value is 0.310. The minimum absolute atomic E-state index is 0.374. The highest BCUT2D eigenvalue weighted by Crippen LogP contribution is 2.61. The van der Waals surface area contributed by atoms with E-state index in [1.54, 1.807) is 11.4 Å². The smallest absolute Gasteiger partial charge is 0.248 e. The lowest BCUT2D eigenvalue weighted by molar-refractivity contribution is 0.280. The standard InChI is InChI=1S/C11H12N2S.C7H17O2PS3/c1-2-4-9(5-3-1)10-8-13-6-7-14-11(13)12-10;1-4-8-10(11,9-5-2)13-7-12-6-3/h1-5,10H,6-8H2;4-7H2,1-3H3/t10-;/m1./s1. The van der Waals surface area contributed by atoms with Crippen molar-refractivity contribution in [3.63, 3.8) is 0 Å². The molecule has 9 heteroatoms. The molecule has 2 heterocycles. The molecule has 0 spiro atoms. The van der Waals surface area contributed by atoms with E-state index in [1.807, 2.05) is 37.4 Å². The summed E-state index contributed by atoms with van der Waals surface area (Å²) in [6.07, 6.45) is 0. The van der Waals surface area contributed by atoms with Crippen LogP contribution in [-0.2, 0) is 20.9 Å². The van der Waals surface area contributed by atoms with Gasteiger partial charge in [0.25, 0.3) is 0 Å². The van der Waals surface area contributed by atoms with E-state index in [9.17, 15) is 0 Å². The van der Waals surface area contributed by atoms with Gasteiger partial charge in [-0.25, -0.2) is 0 Å². The maximum atomic E-state index is 5.47. The minimum Gasteiger partial charge on any atom is -0.348 e. The van der Waals surface area contributed by atoms with Crippen LogP contribution in [0.3, 0.4) is 0 Å². The van der Waals surface area contributed by atoms with Crippen molar-refractivity contribution in [1.82, 2.24) is 4.90 Å². The third kappa shape index (κ3) is 7.92. The molecule has 1 fully saturated rings. The second kappa shape index (κ2) is 12.8. The largest absolute Gasteiger partial charge is 0.348 e. The lowest BCUT2D eigenvalue weighted by Crippen LogP contribution is -2.21. The van der Waals surface area contributed by atoms with E-state index in [2.05, 4.69) is 42.2 Å². The second-order valence-electron chi connectivity index (χ2n) is 5.66. The molecule has 0 aliphatic carbocycles. The quantitative estimate of drug-likeness (QED) is 0.257. The zero-order valence-electron chi connectivity index (χ0n) is 16.2. The first-order valence-corrected chi connectivity index (χ1v) is 15.6. The van der Waals surface area contributed by atoms with Crippen molar-refractivity contribution in [2.75, 3.05) is 42.9 Å². The van der Waals surface area contributed by atoms with E-state index < -0.39 is 5.69 Å². The van der Waals surface area contributed by atoms with Gasteiger partial charge in [-0.2, -0.15) is 11.8 Å². The fourth-order valence-corrected chi connectivity index (χ4v) is 10.7. The molecular formula is C18H29N2O2PS4. The molecule has 0 amide bonds. The first-order valence-electron chi connectivity index (χ1n) is 9.23. The summed E-state index contributed by atoms with van der Waals surface area (Å²) in [5.41, 5.74) is -0.677. The van der Waals surface area contributed by atoms with Crippen molar-refractivity contribution in [2.24, 2.45) is 4.99 Å². The monoisotopic (exact) mass is 464 g/mol. The molecule has 1 aromatic carbocycles. The summed E-state index contributed by atoms with van der Waals surface area (Å²) in [4.78, 5) is 7.12. The molecule has 152 valence electrons. The van der Waals surface area contributed by atoms with Crippen molar-refractivity contribution in [3.05, 3.63) is 35.9 Å². The van der Waals surface area contributed by atoms with Crippen molar-refractivity contribution in [1.29, 1.82) is 0 Å². The number of rotatable bonds is 9. The molecule has 27 heavy (non-hydrogen) atoms. The predicted octanol–water partition coefficient (Wildman–Crippen LogP) is 5.87. The van der Waals surface area contributed by atoms with Gasteiger partial charge in [-0.1, -0.05) is 60.4 Å². The molecule has 1 aromatic rings. The number of nitrogens with zero attached hydrogens (tertiary/aromatic N) is 2. The highest BCUT2D eigenvalue weighted by Gasteiger charge is 2.29. The van der Waals surface area contributed by atoms with Crippen LogP contribution in [-0.4, -0.2) is 53.0 Å². The van der Waals surface area contributed by atoms with Gasteiger partial charge in [0.05, 0.1) is 19.3 Å². The molecule has 2 aliphatic rings. The lowest BCUT2D eigenvalue weighted by atomic mass is 10.1. The molecule has 4 nitrogen and oxygen atoms in total. The minimum atomic E-state index is -2.02. The number of fused-ring (bicyclic) bond motifs is 1. The Labute approximate surface area is 181 Å². The van der Waals surface area contributed by atoms with Crippen LogP contribution >= 0.6 is 40.6 Å². The van der Waals surface area contributed by atoms with Crippen molar-refractivity contribution >= 4 is 57.6 Å². The summed E-state index contributed by atoms with van der Waals surface area (Å²) < 4.78 is 10.9. The molecular weight excluding hydrogens is 435 g/mol. The summed E-state index contributed by atoms with van der Waals surface area (Å²) in [5, 5.41) is 2.21. The Balaban J connectivity index is 0.000000195. The van der Waals surface area contributed by atoms with Gasteiger partial charge in [0.2, 0.25) is 5.69 Å². The molecule has 0 aromatic heterocycles. The van der Waals surface area contributed by atoms with Gasteiger partial charge >= 0.3 is 0 Å². The number of thioether (sulfide) groups is 2. The van der Waals surface area contributed by atoms with Crippen molar-refractivity contribution in [2.45, 2.75) is 26.8 Å². The van der Waals surface area contributed by atoms with Gasteiger partial charge in [-0.15, -0.1) is 0 Å². The van der Waals surface area contributed by atoms with Gasteiger partial charge in [0.1, 0.15) is 0 Å². The Bertz CT molecular complexity index is 623. The number of amidine groups is 1. The van der Waals surface area contributed by atoms with E-state index in [1.165, 1.54) is 23.0 Å². The van der Waals surface area contributed by atoms with Crippen LogP contribution in [0.15, 0.2) is 35.3 Å². The van der Waals surface area contributed by atoms with Gasteiger partial charge in [-0.05, 0) is 37.0 Å². The molecule has 0 saturated carbocycles. The number of benzene rings is 1. The van der Waals surface area contributed by atoms with Crippen molar-refractivity contribution in [3.8, 4) is 0 Å².